The Morgan fingerprint density at radius 3 is 2.65 bits per heavy atom. The van der Waals surface area contributed by atoms with Crippen LogP contribution in [0.2, 0.25) is 0 Å². The third-order valence-corrected chi connectivity index (χ3v) is 2.98. The van der Waals surface area contributed by atoms with Crippen LogP contribution in [0.3, 0.4) is 0 Å². The maximum absolute atomic E-state index is 11.0. The molecule has 0 saturated heterocycles. The first-order valence-electron chi connectivity index (χ1n) is 5.00. The van der Waals surface area contributed by atoms with Crippen LogP contribution in [0.25, 0.3) is 11.8 Å². The van der Waals surface area contributed by atoms with Gasteiger partial charge in [0.2, 0.25) is 0 Å². The highest BCUT2D eigenvalue weighted by Gasteiger charge is 2.14. The number of aromatic nitrogens is 1. The predicted molar refractivity (Wildman–Crippen MR) is 68.2 cm³/mol. The molecular formula is C12H10N2O2S. The van der Waals surface area contributed by atoms with Crippen LogP contribution in [0.4, 0.5) is 0 Å². The van der Waals surface area contributed by atoms with E-state index < -0.39 is 0 Å². The molecule has 0 unspecified atom stereocenters. The standard InChI is InChI=1S/C12H10N2O2S/c1-9-13-11(8-17-9)7-12(14(15)16)10-5-3-2-4-6-10/h2-8H,1H3/b12-7+. The molecule has 0 fully saturated rings. The van der Waals surface area contributed by atoms with Crippen molar-refractivity contribution in [3.05, 3.63) is 62.1 Å². The molecule has 0 spiro atoms. The highest BCUT2D eigenvalue weighted by Crippen LogP contribution is 2.19. The monoisotopic (exact) mass is 246 g/mol. The Kier molecular flexibility index (Phi) is 3.30. The fourth-order valence-corrected chi connectivity index (χ4v) is 2.01. The molecule has 5 heteroatoms. The number of nitro groups is 1. The topological polar surface area (TPSA) is 56.0 Å². The number of hydrogen-bond donors (Lipinski definition) is 0. The smallest absolute Gasteiger partial charge is 0.258 e. The minimum atomic E-state index is -0.385. The molecule has 4 nitrogen and oxygen atoms in total. The summed E-state index contributed by atoms with van der Waals surface area (Å²) in [4.78, 5) is 14.8. The van der Waals surface area contributed by atoms with Gasteiger partial charge in [-0.3, -0.25) is 10.1 Å². The average Bonchev–Trinajstić information content (AvgIpc) is 2.73. The summed E-state index contributed by atoms with van der Waals surface area (Å²) in [6, 6.07) is 8.81. The van der Waals surface area contributed by atoms with Crippen molar-refractivity contribution in [1.82, 2.24) is 4.98 Å². The van der Waals surface area contributed by atoms with Crippen LogP contribution in [0, 0.1) is 17.0 Å². The van der Waals surface area contributed by atoms with Crippen LogP contribution in [0.1, 0.15) is 16.3 Å². The van der Waals surface area contributed by atoms with Gasteiger partial charge >= 0.3 is 0 Å². The molecule has 0 radical (unpaired) electrons. The van der Waals surface area contributed by atoms with Crippen molar-refractivity contribution in [3.63, 3.8) is 0 Å². The fraction of sp³-hybridized carbons (Fsp3) is 0.0833. The van der Waals surface area contributed by atoms with Crippen molar-refractivity contribution in [3.8, 4) is 0 Å². The molecule has 2 aromatic rings. The van der Waals surface area contributed by atoms with Crippen molar-refractivity contribution in [2.24, 2.45) is 0 Å². The second kappa shape index (κ2) is 4.88. The van der Waals surface area contributed by atoms with E-state index in [2.05, 4.69) is 4.98 Å². The quantitative estimate of drug-likeness (QED) is 0.617. The first-order valence-corrected chi connectivity index (χ1v) is 5.88. The zero-order valence-corrected chi connectivity index (χ0v) is 9.98. The van der Waals surface area contributed by atoms with E-state index in [1.165, 1.54) is 17.4 Å². The lowest BCUT2D eigenvalue weighted by Gasteiger charge is -1.97. The van der Waals surface area contributed by atoms with Crippen molar-refractivity contribution >= 4 is 23.1 Å². The highest BCUT2D eigenvalue weighted by atomic mass is 32.1. The van der Waals surface area contributed by atoms with E-state index in [4.69, 9.17) is 0 Å². The largest absolute Gasteiger partial charge is 0.278 e. The predicted octanol–water partition coefficient (Wildman–Crippen LogP) is 3.23. The number of hydrogen-bond acceptors (Lipinski definition) is 4. The van der Waals surface area contributed by atoms with Gasteiger partial charge in [0, 0.05) is 11.5 Å². The minimum Gasteiger partial charge on any atom is -0.258 e. The van der Waals surface area contributed by atoms with Crippen molar-refractivity contribution in [2.75, 3.05) is 0 Å². The van der Waals surface area contributed by atoms with Gasteiger partial charge in [-0.2, -0.15) is 0 Å². The number of benzene rings is 1. The van der Waals surface area contributed by atoms with E-state index in [0.717, 1.165) is 5.01 Å². The molecule has 1 aromatic heterocycles. The van der Waals surface area contributed by atoms with Crippen LogP contribution in [-0.4, -0.2) is 9.91 Å². The van der Waals surface area contributed by atoms with E-state index >= 15 is 0 Å². The third kappa shape index (κ3) is 2.76. The number of rotatable bonds is 3. The molecular weight excluding hydrogens is 236 g/mol. The summed E-state index contributed by atoms with van der Waals surface area (Å²) < 4.78 is 0. The number of aryl methyl sites for hydroxylation is 1. The van der Waals surface area contributed by atoms with Crippen LogP contribution in [-0.2, 0) is 0 Å². The van der Waals surface area contributed by atoms with Crippen LogP contribution in [0.5, 0.6) is 0 Å². The second-order valence-corrected chi connectivity index (χ2v) is 4.51. The maximum Gasteiger partial charge on any atom is 0.278 e. The van der Waals surface area contributed by atoms with Gasteiger partial charge in [-0.05, 0) is 19.1 Å². The molecule has 86 valence electrons. The Labute approximate surface area is 102 Å². The zero-order valence-electron chi connectivity index (χ0n) is 9.16. The SMILES string of the molecule is Cc1nc(/C=C(\c2ccccc2)[N+](=O)[O-])cs1. The van der Waals surface area contributed by atoms with E-state index in [0.29, 0.717) is 11.3 Å². The summed E-state index contributed by atoms with van der Waals surface area (Å²) in [5.74, 6) is 0. The van der Waals surface area contributed by atoms with Gasteiger partial charge in [0.1, 0.15) is 0 Å². The summed E-state index contributed by atoms with van der Waals surface area (Å²) in [5, 5.41) is 13.7. The summed E-state index contributed by atoms with van der Waals surface area (Å²) in [5.41, 5.74) is 1.28. The molecule has 1 aromatic carbocycles. The molecule has 0 aliphatic heterocycles. The molecule has 0 aliphatic carbocycles. The Morgan fingerprint density at radius 1 is 1.41 bits per heavy atom. The molecule has 0 N–H and O–H groups in total. The Balaban J connectivity index is 2.43. The average molecular weight is 246 g/mol. The van der Waals surface area contributed by atoms with E-state index in [9.17, 15) is 10.1 Å². The minimum absolute atomic E-state index is 0.0656. The molecule has 0 amide bonds. The first-order chi connectivity index (χ1) is 8.16. The van der Waals surface area contributed by atoms with Gasteiger partial charge in [-0.1, -0.05) is 18.2 Å². The van der Waals surface area contributed by atoms with Gasteiger partial charge in [-0.15, -0.1) is 11.3 Å². The number of nitrogens with zero attached hydrogens (tertiary/aromatic N) is 2. The molecule has 1 heterocycles. The highest BCUT2D eigenvalue weighted by molar-refractivity contribution is 7.09. The lowest BCUT2D eigenvalue weighted by molar-refractivity contribution is -0.374. The summed E-state index contributed by atoms with van der Waals surface area (Å²) >= 11 is 1.48. The van der Waals surface area contributed by atoms with Crippen molar-refractivity contribution in [2.45, 2.75) is 6.92 Å². The van der Waals surface area contributed by atoms with E-state index in [1.807, 2.05) is 18.4 Å². The lowest BCUT2D eigenvalue weighted by atomic mass is 10.1. The van der Waals surface area contributed by atoms with Crippen LogP contribution < -0.4 is 0 Å². The molecule has 0 aliphatic rings. The first kappa shape index (κ1) is 11.5. The van der Waals surface area contributed by atoms with Gasteiger partial charge in [0.25, 0.3) is 5.70 Å². The Bertz CT molecular complexity index is 561. The third-order valence-electron chi connectivity index (χ3n) is 2.19. The summed E-state index contributed by atoms with van der Waals surface area (Å²) in [6.07, 6.45) is 1.50. The van der Waals surface area contributed by atoms with Crippen LogP contribution in [0.15, 0.2) is 35.7 Å². The molecule has 0 atom stereocenters. The van der Waals surface area contributed by atoms with Gasteiger partial charge in [0.15, 0.2) is 0 Å². The second-order valence-electron chi connectivity index (χ2n) is 3.44. The Hall–Kier alpha value is -2.01. The van der Waals surface area contributed by atoms with Crippen molar-refractivity contribution in [1.29, 1.82) is 0 Å². The van der Waals surface area contributed by atoms with E-state index in [-0.39, 0.29) is 10.6 Å². The van der Waals surface area contributed by atoms with E-state index in [1.54, 1.807) is 24.3 Å². The maximum atomic E-state index is 11.0. The Morgan fingerprint density at radius 2 is 2.12 bits per heavy atom. The van der Waals surface area contributed by atoms with Gasteiger partial charge in [0.05, 0.1) is 21.2 Å². The van der Waals surface area contributed by atoms with Crippen LogP contribution >= 0.6 is 11.3 Å². The normalized spacial score (nSPS) is 11.5. The molecule has 0 saturated carbocycles. The van der Waals surface area contributed by atoms with Gasteiger partial charge < -0.3 is 0 Å². The van der Waals surface area contributed by atoms with Gasteiger partial charge in [-0.25, -0.2) is 4.98 Å². The summed E-state index contributed by atoms with van der Waals surface area (Å²) in [7, 11) is 0. The molecule has 2 rings (SSSR count). The number of thiazole rings is 1. The lowest BCUT2D eigenvalue weighted by Crippen LogP contribution is -1.97. The van der Waals surface area contributed by atoms with Crippen molar-refractivity contribution < 1.29 is 4.92 Å². The summed E-state index contributed by atoms with van der Waals surface area (Å²) in [6.45, 7) is 1.87. The zero-order chi connectivity index (χ0) is 12.3. The fourth-order valence-electron chi connectivity index (χ4n) is 1.44. The molecule has 0 bridgehead atoms. The molecule has 17 heavy (non-hydrogen) atoms.